The Labute approximate surface area is 107 Å². The molecule has 3 rings (SSSR count). The Morgan fingerprint density at radius 1 is 1.17 bits per heavy atom. The fourth-order valence-corrected chi connectivity index (χ4v) is 2.87. The summed E-state index contributed by atoms with van der Waals surface area (Å²) in [6.07, 6.45) is 0.858. The minimum Gasteiger partial charge on any atom is -0.497 e. The standard InChI is InChI=1S/C14H18O4/c1-10(2)13-8-9-16-14(13,18-17-13)11-4-6-12(15-3)7-5-11/h4-7,10H,8-9H2,1-3H3. The molecule has 2 unspecified atom stereocenters. The average molecular weight is 250 g/mol. The molecule has 2 atom stereocenters. The van der Waals surface area contributed by atoms with E-state index in [1.165, 1.54) is 0 Å². The van der Waals surface area contributed by atoms with E-state index in [0.717, 1.165) is 17.7 Å². The van der Waals surface area contributed by atoms with Crippen LogP contribution in [-0.4, -0.2) is 19.3 Å². The van der Waals surface area contributed by atoms with Crippen molar-refractivity contribution < 1.29 is 19.2 Å². The second kappa shape index (κ2) is 3.95. The third-order valence-electron chi connectivity index (χ3n) is 4.05. The van der Waals surface area contributed by atoms with Crippen LogP contribution >= 0.6 is 0 Å². The monoisotopic (exact) mass is 250 g/mol. The van der Waals surface area contributed by atoms with E-state index in [-0.39, 0.29) is 5.60 Å². The van der Waals surface area contributed by atoms with Crippen LogP contribution in [0.1, 0.15) is 25.8 Å². The summed E-state index contributed by atoms with van der Waals surface area (Å²) in [7, 11) is 1.65. The molecular formula is C14H18O4. The van der Waals surface area contributed by atoms with Gasteiger partial charge in [-0.25, -0.2) is 4.89 Å². The second-order valence-electron chi connectivity index (χ2n) is 5.15. The predicted octanol–water partition coefficient (Wildman–Crippen LogP) is 2.62. The molecule has 2 saturated heterocycles. The average Bonchev–Trinajstić information content (AvgIpc) is 2.63. The smallest absolute Gasteiger partial charge is 0.260 e. The summed E-state index contributed by atoms with van der Waals surface area (Å²) in [5, 5.41) is 0. The lowest BCUT2D eigenvalue weighted by Gasteiger charge is -2.52. The van der Waals surface area contributed by atoms with Crippen molar-refractivity contribution in [3.05, 3.63) is 29.8 Å². The maximum absolute atomic E-state index is 5.88. The highest BCUT2D eigenvalue weighted by Crippen LogP contribution is 2.58. The Bertz CT molecular complexity index is 442. The van der Waals surface area contributed by atoms with Crippen LogP contribution < -0.4 is 4.74 Å². The lowest BCUT2D eigenvalue weighted by molar-refractivity contribution is -0.608. The molecule has 0 aromatic heterocycles. The van der Waals surface area contributed by atoms with Crippen LogP contribution in [-0.2, 0) is 20.3 Å². The van der Waals surface area contributed by atoms with Gasteiger partial charge in [0.15, 0.2) is 5.60 Å². The quantitative estimate of drug-likeness (QED) is 0.773. The molecule has 1 aromatic rings. The van der Waals surface area contributed by atoms with Gasteiger partial charge < -0.3 is 9.47 Å². The summed E-state index contributed by atoms with van der Waals surface area (Å²) in [5.41, 5.74) is 0.627. The van der Waals surface area contributed by atoms with Gasteiger partial charge in [-0.15, -0.1) is 0 Å². The molecule has 2 heterocycles. The highest BCUT2D eigenvalue weighted by molar-refractivity contribution is 5.33. The summed E-state index contributed by atoms with van der Waals surface area (Å²) in [4.78, 5) is 10.9. The zero-order valence-corrected chi connectivity index (χ0v) is 10.9. The van der Waals surface area contributed by atoms with Crippen molar-refractivity contribution in [1.29, 1.82) is 0 Å². The molecule has 0 radical (unpaired) electrons. The summed E-state index contributed by atoms with van der Waals surface area (Å²) < 4.78 is 11.0. The molecule has 0 amide bonds. The Morgan fingerprint density at radius 3 is 2.39 bits per heavy atom. The number of hydrogen-bond donors (Lipinski definition) is 0. The van der Waals surface area contributed by atoms with E-state index in [4.69, 9.17) is 19.2 Å². The lowest BCUT2D eigenvalue weighted by Crippen LogP contribution is -2.64. The van der Waals surface area contributed by atoms with Crippen LogP contribution in [0.15, 0.2) is 24.3 Å². The van der Waals surface area contributed by atoms with Crippen molar-refractivity contribution in [1.82, 2.24) is 0 Å². The van der Waals surface area contributed by atoms with Gasteiger partial charge >= 0.3 is 0 Å². The minimum atomic E-state index is -0.743. The molecule has 18 heavy (non-hydrogen) atoms. The highest BCUT2D eigenvalue weighted by Gasteiger charge is 2.71. The van der Waals surface area contributed by atoms with Crippen molar-refractivity contribution in [2.24, 2.45) is 5.92 Å². The number of fused-ring (bicyclic) bond motifs is 1. The van der Waals surface area contributed by atoms with Gasteiger partial charge in [0.25, 0.3) is 5.79 Å². The van der Waals surface area contributed by atoms with E-state index < -0.39 is 5.79 Å². The topological polar surface area (TPSA) is 36.9 Å². The van der Waals surface area contributed by atoms with Crippen molar-refractivity contribution in [2.45, 2.75) is 31.7 Å². The molecular weight excluding hydrogens is 232 g/mol. The zero-order chi connectivity index (χ0) is 12.8. The molecule has 0 saturated carbocycles. The van der Waals surface area contributed by atoms with Gasteiger partial charge in [-0.1, -0.05) is 13.8 Å². The van der Waals surface area contributed by atoms with E-state index in [2.05, 4.69) is 13.8 Å². The predicted molar refractivity (Wildman–Crippen MR) is 65.0 cm³/mol. The molecule has 1 aromatic carbocycles. The molecule has 2 fully saturated rings. The van der Waals surface area contributed by atoms with Crippen molar-refractivity contribution in [3.63, 3.8) is 0 Å². The van der Waals surface area contributed by atoms with Crippen molar-refractivity contribution in [2.75, 3.05) is 13.7 Å². The summed E-state index contributed by atoms with van der Waals surface area (Å²) in [6.45, 7) is 4.93. The molecule has 2 aliphatic rings. The Kier molecular flexibility index (Phi) is 2.62. The number of rotatable bonds is 3. The largest absolute Gasteiger partial charge is 0.497 e. The van der Waals surface area contributed by atoms with Crippen LogP contribution in [0.25, 0.3) is 0 Å². The molecule has 98 valence electrons. The van der Waals surface area contributed by atoms with E-state index >= 15 is 0 Å². The lowest BCUT2D eigenvalue weighted by atomic mass is 9.77. The molecule has 0 N–H and O–H groups in total. The summed E-state index contributed by atoms with van der Waals surface area (Å²) in [6, 6.07) is 7.78. The van der Waals surface area contributed by atoms with E-state index in [1.54, 1.807) is 7.11 Å². The van der Waals surface area contributed by atoms with Gasteiger partial charge in [-0.05, 0) is 30.2 Å². The fourth-order valence-electron chi connectivity index (χ4n) is 2.87. The highest BCUT2D eigenvalue weighted by atomic mass is 17.3. The Hall–Kier alpha value is -1.10. The SMILES string of the molecule is COc1ccc(C23OCCC2(C(C)C)OO3)cc1. The van der Waals surface area contributed by atoms with Crippen LogP contribution in [0.2, 0.25) is 0 Å². The first-order chi connectivity index (χ1) is 8.64. The van der Waals surface area contributed by atoms with Crippen LogP contribution in [0.3, 0.4) is 0 Å². The van der Waals surface area contributed by atoms with E-state index in [1.807, 2.05) is 24.3 Å². The van der Waals surface area contributed by atoms with Gasteiger partial charge in [-0.2, -0.15) is 4.89 Å². The molecule has 0 spiro atoms. The Morgan fingerprint density at radius 2 is 1.89 bits per heavy atom. The Balaban J connectivity index is 1.99. The van der Waals surface area contributed by atoms with Crippen LogP contribution in [0.4, 0.5) is 0 Å². The fraction of sp³-hybridized carbons (Fsp3) is 0.571. The minimum absolute atomic E-state index is 0.329. The molecule has 2 aliphatic heterocycles. The molecule has 0 aliphatic carbocycles. The third kappa shape index (κ3) is 1.31. The van der Waals surface area contributed by atoms with Gasteiger partial charge in [0, 0.05) is 12.0 Å². The molecule has 4 heteroatoms. The first kappa shape index (κ1) is 12.0. The maximum atomic E-state index is 5.88. The van der Waals surface area contributed by atoms with Gasteiger partial charge in [-0.3, -0.25) is 0 Å². The molecule has 0 bridgehead atoms. The van der Waals surface area contributed by atoms with E-state index in [9.17, 15) is 0 Å². The van der Waals surface area contributed by atoms with Crippen LogP contribution in [0, 0.1) is 5.92 Å². The number of hydrogen-bond acceptors (Lipinski definition) is 4. The van der Waals surface area contributed by atoms with Crippen molar-refractivity contribution >= 4 is 0 Å². The number of benzene rings is 1. The first-order valence-electron chi connectivity index (χ1n) is 6.30. The van der Waals surface area contributed by atoms with Gasteiger partial charge in [0.2, 0.25) is 0 Å². The number of methoxy groups -OCH3 is 1. The zero-order valence-electron chi connectivity index (χ0n) is 10.9. The number of ether oxygens (including phenoxy) is 2. The first-order valence-corrected chi connectivity index (χ1v) is 6.30. The maximum Gasteiger partial charge on any atom is 0.260 e. The van der Waals surface area contributed by atoms with Gasteiger partial charge in [0.1, 0.15) is 5.75 Å². The third-order valence-corrected chi connectivity index (χ3v) is 4.05. The summed E-state index contributed by atoms with van der Waals surface area (Å²) in [5.74, 6) is 0.410. The van der Waals surface area contributed by atoms with Gasteiger partial charge in [0.05, 0.1) is 13.7 Å². The molecule has 4 nitrogen and oxygen atoms in total. The van der Waals surface area contributed by atoms with Crippen LogP contribution in [0.5, 0.6) is 5.75 Å². The second-order valence-corrected chi connectivity index (χ2v) is 5.15. The van der Waals surface area contributed by atoms with Crippen molar-refractivity contribution in [3.8, 4) is 5.75 Å². The summed E-state index contributed by atoms with van der Waals surface area (Å²) >= 11 is 0. The van der Waals surface area contributed by atoms with E-state index in [0.29, 0.717) is 12.5 Å². The normalized spacial score (nSPS) is 34.2.